The minimum Gasteiger partial charge on any atom is -0.229 e. The zero-order chi connectivity index (χ0) is 11.1. The van der Waals surface area contributed by atoms with Crippen LogP contribution in [0.3, 0.4) is 0 Å². The van der Waals surface area contributed by atoms with Gasteiger partial charge >= 0.3 is 0 Å². The minimum atomic E-state index is -2.79. The quantitative estimate of drug-likeness (QED) is 0.658. The first kappa shape index (κ1) is 9.93. The molecule has 4 saturated carbocycles. The Bertz CT molecular complexity index is 427. The fourth-order valence-corrected chi connectivity index (χ4v) is 7.52. The zero-order valence-electron chi connectivity index (χ0n) is 9.80. The second-order valence-electron chi connectivity index (χ2n) is 6.75. The SMILES string of the molecule is CS(=O)(=O)C1CC2CC1C1C3CCC(C3)C21. The van der Waals surface area contributed by atoms with Gasteiger partial charge in [0.15, 0.2) is 9.84 Å². The molecule has 90 valence electrons. The molecule has 4 fully saturated rings. The van der Waals surface area contributed by atoms with Crippen molar-refractivity contribution in [2.45, 2.75) is 37.4 Å². The van der Waals surface area contributed by atoms with Crippen molar-refractivity contribution in [3.05, 3.63) is 0 Å². The average Bonchev–Trinajstić information content (AvgIpc) is 2.94. The third-order valence-electron chi connectivity index (χ3n) is 6.22. The van der Waals surface area contributed by atoms with Crippen LogP contribution in [0.1, 0.15) is 32.1 Å². The summed E-state index contributed by atoms with van der Waals surface area (Å²) < 4.78 is 23.6. The number of hydrogen-bond acceptors (Lipinski definition) is 2. The zero-order valence-corrected chi connectivity index (χ0v) is 10.6. The summed E-state index contributed by atoms with van der Waals surface area (Å²) in [5, 5.41) is 0.0260. The molecule has 4 bridgehead atoms. The summed E-state index contributed by atoms with van der Waals surface area (Å²) in [6.07, 6.45) is 7.96. The molecular weight excluding hydrogens is 220 g/mol. The summed E-state index contributed by atoms with van der Waals surface area (Å²) in [5.41, 5.74) is 0. The summed E-state index contributed by atoms with van der Waals surface area (Å²) in [6, 6.07) is 0. The molecule has 0 saturated heterocycles. The van der Waals surface area contributed by atoms with Crippen molar-refractivity contribution in [1.29, 1.82) is 0 Å². The fourth-order valence-electron chi connectivity index (χ4n) is 6.00. The van der Waals surface area contributed by atoms with Crippen LogP contribution in [-0.2, 0) is 9.84 Å². The van der Waals surface area contributed by atoms with Gasteiger partial charge < -0.3 is 0 Å². The second kappa shape index (κ2) is 2.85. The molecule has 7 unspecified atom stereocenters. The summed E-state index contributed by atoms with van der Waals surface area (Å²) in [5.74, 6) is 4.92. The van der Waals surface area contributed by atoms with E-state index in [0.29, 0.717) is 5.92 Å². The topological polar surface area (TPSA) is 34.1 Å². The lowest BCUT2D eigenvalue weighted by molar-refractivity contribution is 0.148. The largest absolute Gasteiger partial charge is 0.229 e. The van der Waals surface area contributed by atoms with Crippen LogP contribution < -0.4 is 0 Å². The molecule has 3 heteroatoms. The Morgan fingerprint density at radius 3 is 2.25 bits per heavy atom. The monoisotopic (exact) mass is 240 g/mol. The molecule has 0 aromatic carbocycles. The van der Waals surface area contributed by atoms with Gasteiger partial charge in [0.2, 0.25) is 0 Å². The fraction of sp³-hybridized carbons (Fsp3) is 1.00. The van der Waals surface area contributed by atoms with Crippen molar-refractivity contribution in [1.82, 2.24) is 0 Å². The third kappa shape index (κ3) is 1.06. The smallest absolute Gasteiger partial charge is 0.150 e. The van der Waals surface area contributed by atoms with E-state index >= 15 is 0 Å². The van der Waals surface area contributed by atoms with Crippen LogP contribution in [-0.4, -0.2) is 19.9 Å². The lowest BCUT2D eigenvalue weighted by Gasteiger charge is -2.37. The van der Waals surface area contributed by atoms with Gasteiger partial charge in [-0.25, -0.2) is 8.42 Å². The van der Waals surface area contributed by atoms with Crippen LogP contribution in [0.5, 0.6) is 0 Å². The summed E-state index contributed by atoms with van der Waals surface area (Å²) >= 11 is 0. The third-order valence-corrected chi connectivity index (χ3v) is 7.86. The maximum Gasteiger partial charge on any atom is 0.150 e. The molecule has 7 atom stereocenters. The molecule has 16 heavy (non-hydrogen) atoms. The Hall–Kier alpha value is -0.0500. The van der Waals surface area contributed by atoms with Crippen molar-refractivity contribution in [2.24, 2.45) is 35.5 Å². The van der Waals surface area contributed by atoms with Crippen LogP contribution in [0.15, 0.2) is 0 Å². The predicted octanol–water partition coefficient (Wildman–Crippen LogP) is 2.10. The second-order valence-corrected chi connectivity index (χ2v) is 9.02. The van der Waals surface area contributed by atoms with Gasteiger partial charge in [-0.1, -0.05) is 0 Å². The molecule has 0 N–H and O–H groups in total. The number of rotatable bonds is 1. The molecule has 4 aliphatic carbocycles. The molecular formula is C13H20O2S. The molecule has 0 radical (unpaired) electrons. The van der Waals surface area contributed by atoms with E-state index in [1.54, 1.807) is 0 Å². The van der Waals surface area contributed by atoms with Crippen molar-refractivity contribution in [2.75, 3.05) is 6.26 Å². The highest BCUT2D eigenvalue weighted by molar-refractivity contribution is 7.91. The Balaban J connectivity index is 1.71. The maximum atomic E-state index is 11.8. The van der Waals surface area contributed by atoms with E-state index in [2.05, 4.69) is 0 Å². The number of fused-ring (bicyclic) bond motifs is 9. The predicted molar refractivity (Wildman–Crippen MR) is 62.7 cm³/mol. The molecule has 0 aromatic rings. The van der Waals surface area contributed by atoms with Crippen molar-refractivity contribution < 1.29 is 8.42 Å². The van der Waals surface area contributed by atoms with E-state index in [1.807, 2.05) is 0 Å². The first-order valence-corrected chi connectivity index (χ1v) is 8.70. The van der Waals surface area contributed by atoms with Gasteiger partial charge in [-0.15, -0.1) is 0 Å². The first-order chi connectivity index (χ1) is 7.55. The van der Waals surface area contributed by atoms with E-state index < -0.39 is 9.84 Å². The van der Waals surface area contributed by atoms with Crippen molar-refractivity contribution in [3.63, 3.8) is 0 Å². The van der Waals surface area contributed by atoms with E-state index in [1.165, 1.54) is 31.9 Å². The van der Waals surface area contributed by atoms with Gasteiger partial charge in [-0.2, -0.15) is 0 Å². The maximum absolute atomic E-state index is 11.8. The van der Waals surface area contributed by atoms with Gasteiger partial charge in [0.05, 0.1) is 5.25 Å². The molecule has 0 aromatic heterocycles. The normalized spacial score (nSPS) is 58.2. The Morgan fingerprint density at radius 1 is 0.875 bits per heavy atom. The Labute approximate surface area is 97.7 Å². The molecule has 0 amide bonds. The number of hydrogen-bond donors (Lipinski definition) is 0. The molecule has 0 heterocycles. The van der Waals surface area contributed by atoms with Crippen LogP contribution in [0.2, 0.25) is 0 Å². The standard InChI is InChI=1S/C13H20O2S/c1-16(14,15)11-6-9-5-10(11)13-8-3-2-7(4-8)12(9)13/h7-13H,2-6H2,1H3. The van der Waals surface area contributed by atoms with Gasteiger partial charge in [0.25, 0.3) is 0 Å². The summed E-state index contributed by atoms with van der Waals surface area (Å²) in [6.45, 7) is 0. The van der Waals surface area contributed by atoms with Gasteiger partial charge in [0, 0.05) is 6.26 Å². The van der Waals surface area contributed by atoms with E-state index in [0.717, 1.165) is 36.0 Å². The lowest BCUT2D eigenvalue weighted by Crippen LogP contribution is -2.38. The van der Waals surface area contributed by atoms with Gasteiger partial charge in [-0.05, 0) is 67.6 Å². The van der Waals surface area contributed by atoms with E-state index in [-0.39, 0.29) is 5.25 Å². The van der Waals surface area contributed by atoms with Gasteiger partial charge in [0.1, 0.15) is 0 Å². The lowest BCUT2D eigenvalue weighted by atomic mass is 9.71. The summed E-state index contributed by atoms with van der Waals surface area (Å²) in [7, 11) is -2.79. The molecule has 0 aliphatic heterocycles. The number of sulfone groups is 1. The highest BCUT2D eigenvalue weighted by atomic mass is 32.2. The van der Waals surface area contributed by atoms with Crippen LogP contribution >= 0.6 is 0 Å². The van der Waals surface area contributed by atoms with E-state index in [9.17, 15) is 8.42 Å². The molecule has 4 aliphatic rings. The highest BCUT2D eigenvalue weighted by Crippen LogP contribution is 2.68. The Kier molecular flexibility index (Phi) is 1.77. The molecule has 4 rings (SSSR count). The van der Waals surface area contributed by atoms with Crippen LogP contribution in [0, 0.1) is 35.5 Å². The van der Waals surface area contributed by atoms with Crippen LogP contribution in [0.4, 0.5) is 0 Å². The first-order valence-electron chi connectivity index (χ1n) is 6.74. The minimum absolute atomic E-state index is 0.0260. The Morgan fingerprint density at radius 2 is 1.56 bits per heavy atom. The summed E-state index contributed by atoms with van der Waals surface area (Å²) in [4.78, 5) is 0. The average molecular weight is 240 g/mol. The van der Waals surface area contributed by atoms with Crippen LogP contribution in [0.25, 0.3) is 0 Å². The molecule has 0 spiro atoms. The van der Waals surface area contributed by atoms with Crippen molar-refractivity contribution >= 4 is 9.84 Å². The van der Waals surface area contributed by atoms with Gasteiger partial charge in [-0.3, -0.25) is 0 Å². The van der Waals surface area contributed by atoms with Crippen molar-refractivity contribution in [3.8, 4) is 0 Å². The highest BCUT2D eigenvalue weighted by Gasteiger charge is 2.63. The molecule has 2 nitrogen and oxygen atoms in total. The van der Waals surface area contributed by atoms with E-state index in [4.69, 9.17) is 0 Å².